The number of carbonyl (C=O) groups excluding carboxylic acids is 1. The zero-order valence-electron chi connectivity index (χ0n) is 17.8. The molecule has 3 aromatic carbocycles. The predicted molar refractivity (Wildman–Crippen MR) is 121 cm³/mol. The minimum absolute atomic E-state index is 0.226. The number of nitrogens with zero attached hydrogens (tertiary/aromatic N) is 2. The van der Waals surface area contributed by atoms with Crippen molar-refractivity contribution in [1.29, 1.82) is 0 Å². The minimum atomic E-state index is -0.367. The third-order valence-corrected chi connectivity index (χ3v) is 5.03. The second-order valence-electron chi connectivity index (χ2n) is 6.92. The van der Waals surface area contributed by atoms with Crippen molar-refractivity contribution in [3.8, 4) is 17.2 Å². The average Bonchev–Trinajstić information content (AvgIpc) is 3.15. The van der Waals surface area contributed by atoms with E-state index in [9.17, 15) is 9.18 Å². The maximum absolute atomic E-state index is 13.5. The van der Waals surface area contributed by atoms with E-state index in [0.717, 1.165) is 0 Å². The van der Waals surface area contributed by atoms with Gasteiger partial charge in [0.2, 0.25) is 0 Å². The molecule has 7 heteroatoms. The van der Waals surface area contributed by atoms with Crippen LogP contribution in [0.25, 0.3) is 6.08 Å². The fraction of sp³-hybridized carbons (Fsp3) is 0.120. The minimum Gasteiger partial charge on any atom is -0.497 e. The maximum Gasteiger partial charge on any atom is 0.282 e. The van der Waals surface area contributed by atoms with Crippen molar-refractivity contribution >= 4 is 23.5 Å². The molecule has 4 rings (SSSR count). The number of methoxy groups -OCH3 is 3. The van der Waals surface area contributed by atoms with E-state index in [0.29, 0.717) is 39.9 Å². The van der Waals surface area contributed by atoms with Crippen molar-refractivity contribution in [1.82, 2.24) is 0 Å². The summed E-state index contributed by atoms with van der Waals surface area (Å²) in [5, 5.41) is 0. The Labute approximate surface area is 185 Å². The van der Waals surface area contributed by atoms with Gasteiger partial charge >= 0.3 is 0 Å². The predicted octanol–water partition coefficient (Wildman–Crippen LogP) is 4.69. The lowest BCUT2D eigenvalue weighted by atomic mass is 10.1. The van der Waals surface area contributed by atoms with Crippen molar-refractivity contribution in [2.45, 2.75) is 0 Å². The van der Waals surface area contributed by atoms with Crippen LogP contribution in [0.3, 0.4) is 0 Å². The van der Waals surface area contributed by atoms with Gasteiger partial charge < -0.3 is 14.2 Å². The molecule has 0 saturated carbocycles. The van der Waals surface area contributed by atoms with Crippen LogP contribution in [0.15, 0.2) is 77.4 Å². The van der Waals surface area contributed by atoms with Gasteiger partial charge in [-0.2, -0.15) is 0 Å². The van der Waals surface area contributed by atoms with E-state index in [-0.39, 0.29) is 17.4 Å². The summed E-state index contributed by atoms with van der Waals surface area (Å²) in [6, 6.07) is 18.2. The van der Waals surface area contributed by atoms with Gasteiger partial charge in [0, 0.05) is 17.2 Å². The molecule has 0 aromatic heterocycles. The van der Waals surface area contributed by atoms with Crippen LogP contribution in [0.5, 0.6) is 17.2 Å². The molecule has 0 radical (unpaired) electrons. The largest absolute Gasteiger partial charge is 0.497 e. The molecule has 1 amide bonds. The maximum atomic E-state index is 13.5. The summed E-state index contributed by atoms with van der Waals surface area (Å²) in [5.41, 5.74) is 2.13. The lowest BCUT2D eigenvalue weighted by Crippen LogP contribution is -2.32. The molecule has 162 valence electrons. The number of hydrogen-bond donors (Lipinski definition) is 0. The van der Waals surface area contributed by atoms with Crippen LogP contribution >= 0.6 is 0 Å². The van der Waals surface area contributed by atoms with E-state index in [2.05, 4.69) is 4.99 Å². The zero-order chi connectivity index (χ0) is 22.7. The Morgan fingerprint density at radius 1 is 0.844 bits per heavy atom. The molecule has 0 atom stereocenters. The monoisotopic (exact) mass is 432 g/mol. The van der Waals surface area contributed by atoms with Crippen molar-refractivity contribution in [2.24, 2.45) is 4.99 Å². The fourth-order valence-corrected chi connectivity index (χ4v) is 3.37. The number of halogens is 1. The van der Waals surface area contributed by atoms with Gasteiger partial charge in [-0.15, -0.1) is 0 Å². The molecule has 1 aliphatic heterocycles. The van der Waals surface area contributed by atoms with E-state index >= 15 is 0 Å². The molecular formula is C25H21FN2O4. The first-order valence-corrected chi connectivity index (χ1v) is 9.81. The number of amidine groups is 1. The highest BCUT2D eigenvalue weighted by atomic mass is 19.1. The highest BCUT2D eigenvalue weighted by Crippen LogP contribution is 2.32. The summed E-state index contributed by atoms with van der Waals surface area (Å²) in [4.78, 5) is 19.5. The molecule has 0 bridgehead atoms. The molecule has 0 saturated heterocycles. The topological polar surface area (TPSA) is 60.4 Å². The summed E-state index contributed by atoms with van der Waals surface area (Å²) < 4.78 is 29.4. The van der Waals surface area contributed by atoms with Crippen LogP contribution in [0.2, 0.25) is 0 Å². The molecule has 6 nitrogen and oxygen atoms in total. The molecular weight excluding hydrogens is 411 g/mol. The van der Waals surface area contributed by atoms with Crippen LogP contribution in [0.1, 0.15) is 11.1 Å². The summed E-state index contributed by atoms with van der Waals surface area (Å²) in [5.74, 6) is 1.57. The second-order valence-corrected chi connectivity index (χ2v) is 6.92. The van der Waals surface area contributed by atoms with Crippen LogP contribution < -0.4 is 19.1 Å². The quantitative estimate of drug-likeness (QED) is 0.531. The lowest BCUT2D eigenvalue weighted by molar-refractivity contribution is -0.113. The summed E-state index contributed by atoms with van der Waals surface area (Å²) in [6.45, 7) is 0. The highest BCUT2D eigenvalue weighted by molar-refractivity contribution is 6.33. The molecule has 0 unspecified atom stereocenters. The van der Waals surface area contributed by atoms with E-state index in [1.807, 2.05) is 0 Å². The Hall–Kier alpha value is -4.13. The highest BCUT2D eigenvalue weighted by Gasteiger charge is 2.32. The van der Waals surface area contributed by atoms with Crippen LogP contribution in [0.4, 0.5) is 10.1 Å². The number of hydrogen-bond acceptors (Lipinski definition) is 5. The molecule has 0 fully saturated rings. The lowest BCUT2D eigenvalue weighted by Gasteiger charge is -2.19. The summed E-state index contributed by atoms with van der Waals surface area (Å²) >= 11 is 0. The van der Waals surface area contributed by atoms with Gasteiger partial charge in [0.15, 0.2) is 0 Å². The molecule has 1 aliphatic rings. The van der Waals surface area contributed by atoms with Crippen molar-refractivity contribution < 1.29 is 23.4 Å². The van der Waals surface area contributed by atoms with E-state index < -0.39 is 0 Å². The number of rotatable bonds is 6. The van der Waals surface area contributed by atoms with Crippen molar-refractivity contribution in [3.63, 3.8) is 0 Å². The molecule has 3 aromatic rings. The van der Waals surface area contributed by atoms with Crippen LogP contribution in [-0.2, 0) is 4.79 Å². The number of anilines is 1. The van der Waals surface area contributed by atoms with Gasteiger partial charge in [-0.25, -0.2) is 9.38 Å². The normalized spacial score (nSPS) is 14.5. The van der Waals surface area contributed by atoms with E-state index in [1.54, 1.807) is 82.0 Å². The first-order chi connectivity index (χ1) is 15.5. The Morgan fingerprint density at radius 3 is 2.12 bits per heavy atom. The number of aliphatic imine (C=N–C) groups is 1. The van der Waals surface area contributed by atoms with E-state index in [4.69, 9.17) is 14.2 Å². The molecule has 1 heterocycles. The smallest absolute Gasteiger partial charge is 0.282 e. The second kappa shape index (κ2) is 8.93. The summed E-state index contributed by atoms with van der Waals surface area (Å²) in [6.07, 6.45) is 1.66. The third-order valence-electron chi connectivity index (χ3n) is 5.03. The molecule has 0 spiro atoms. The van der Waals surface area contributed by atoms with Crippen LogP contribution in [-0.4, -0.2) is 33.1 Å². The van der Waals surface area contributed by atoms with Gasteiger partial charge in [0.25, 0.3) is 5.91 Å². The molecule has 0 aliphatic carbocycles. The van der Waals surface area contributed by atoms with Crippen LogP contribution in [0, 0.1) is 5.82 Å². The Bertz CT molecular complexity index is 1200. The first-order valence-electron chi connectivity index (χ1n) is 9.81. The van der Waals surface area contributed by atoms with Crippen molar-refractivity contribution in [3.05, 3.63) is 89.4 Å². The van der Waals surface area contributed by atoms with Crippen molar-refractivity contribution in [2.75, 3.05) is 26.2 Å². The SMILES string of the molecule is COc1ccc(N2C(=O)/C(=C\c3ccc(OC)cc3OC)N=C2c2ccc(F)cc2)cc1. The van der Waals surface area contributed by atoms with E-state index in [1.165, 1.54) is 17.0 Å². The standard InChI is InChI=1S/C25H21FN2O4/c1-30-20-12-9-19(10-13-20)28-24(16-4-7-18(26)8-5-16)27-22(25(28)29)14-17-6-11-21(31-2)15-23(17)32-3/h4-15H,1-3H3/b22-14+. The number of ether oxygens (including phenoxy) is 3. The first kappa shape index (κ1) is 21.1. The Morgan fingerprint density at radius 2 is 1.50 bits per heavy atom. The molecule has 32 heavy (non-hydrogen) atoms. The average molecular weight is 432 g/mol. The fourth-order valence-electron chi connectivity index (χ4n) is 3.37. The number of amides is 1. The van der Waals surface area contributed by atoms with Gasteiger partial charge in [-0.1, -0.05) is 0 Å². The summed E-state index contributed by atoms with van der Waals surface area (Å²) in [7, 11) is 4.69. The molecule has 0 N–H and O–H groups in total. The number of benzene rings is 3. The van der Waals surface area contributed by atoms with Gasteiger partial charge in [-0.05, 0) is 66.7 Å². The van der Waals surface area contributed by atoms with Gasteiger partial charge in [0.1, 0.15) is 34.6 Å². The Kier molecular flexibility index (Phi) is 5.89. The van der Waals surface area contributed by atoms with Gasteiger partial charge in [-0.3, -0.25) is 9.69 Å². The van der Waals surface area contributed by atoms with Gasteiger partial charge in [0.05, 0.1) is 27.0 Å². The third kappa shape index (κ3) is 4.05. The Balaban J connectivity index is 1.81. The zero-order valence-corrected chi connectivity index (χ0v) is 17.8. The number of carbonyl (C=O) groups is 1.